The van der Waals surface area contributed by atoms with Crippen LogP contribution in [0.5, 0.6) is 0 Å². The molecule has 1 aliphatic heterocycles. The zero-order valence-electron chi connectivity index (χ0n) is 14.9. The van der Waals surface area contributed by atoms with Crippen LogP contribution in [-0.4, -0.2) is 42.3 Å². The number of methoxy groups -OCH3 is 1. The van der Waals surface area contributed by atoms with E-state index in [4.69, 9.17) is 9.84 Å². The summed E-state index contributed by atoms with van der Waals surface area (Å²) in [6.45, 7) is 2.57. The number of ether oxygens (including phenoxy) is 1. The number of carbonyl (C=O) groups is 1. The molecular weight excluding hydrogens is 333 g/mol. The van der Waals surface area contributed by atoms with Gasteiger partial charge in [-0.2, -0.15) is 0 Å². The SMILES string of the molecule is CO[C@@H]1CCN(Cc2ccc(C(=O)O)cc2)C[C@H]1Cc1cccc(F)c1. The summed E-state index contributed by atoms with van der Waals surface area (Å²) in [5.41, 5.74) is 2.39. The highest BCUT2D eigenvalue weighted by Crippen LogP contribution is 2.25. The van der Waals surface area contributed by atoms with E-state index in [9.17, 15) is 9.18 Å². The van der Waals surface area contributed by atoms with E-state index in [1.54, 1.807) is 31.4 Å². The number of likely N-dealkylation sites (tertiary alicyclic amines) is 1. The predicted octanol–water partition coefficient (Wildman–Crippen LogP) is 3.60. The lowest BCUT2D eigenvalue weighted by atomic mass is 9.88. The molecule has 0 spiro atoms. The fourth-order valence-electron chi connectivity index (χ4n) is 3.71. The molecular formula is C21H24FNO3. The fraction of sp³-hybridized carbons (Fsp3) is 0.381. The Morgan fingerprint density at radius 3 is 2.65 bits per heavy atom. The molecule has 3 rings (SSSR count). The van der Waals surface area contributed by atoms with Crippen LogP contribution in [0.1, 0.15) is 27.9 Å². The third-order valence-electron chi connectivity index (χ3n) is 5.05. The molecule has 0 aliphatic carbocycles. The molecule has 1 aliphatic rings. The molecule has 1 fully saturated rings. The molecule has 2 aromatic rings. The van der Waals surface area contributed by atoms with Crippen LogP contribution >= 0.6 is 0 Å². The predicted molar refractivity (Wildman–Crippen MR) is 97.7 cm³/mol. The zero-order chi connectivity index (χ0) is 18.5. The minimum atomic E-state index is -0.910. The van der Waals surface area contributed by atoms with Crippen LogP contribution in [0.3, 0.4) is 0 Å². The van der Waals surface area contributed by atoms with Crippen molar-refractivity contribution in [1.82, 2.24) is 4.90 Å². The summed E-state index contributed by atoms with van der Waals surface area (Å²) in [5, 5.41) is 9.00. The monoisotopic (exact) mass is 357 g/mol. The number of halogens is 1. The maximum Gasteiger partial charge on any atom is 0.335 e. The van der Waals surface area contributed by atoms with E-state index >= 15 is 0 Å². The van der Waals surface area contributed by atoms with Crippen molar-refractivity contribution in [3.05, 3.63) is 71.0 Å². The molecule has 4 nitrogen and oxygen atoms in total. The van der Waals surface area contributed by atoms with E-state index in [-0.39, 0.29) is 11.9 Å². The van der Waals surface area contributed by atoms with Crippen molar-refractivity contribution in [3.8, 4) is 0 Å². The summed E-state index contributed by atoms with van der Waals surface area (Å²) in [6.07, 6.45) is 1.89. The normalized spacial score (nSPS) is 20.8. The second-order valence-corrected chi connectivity index (χ2v) is 6.89. The van der Waals surface area contributed by atoms with Crippen LogP contribution in [0.4, 0.5) is 4.39 Å². The summed E-state index contributed by atoms with van der Waals surface area (Å²) in [6, 6.07) is 13.8. The third kappa shape index (κ3) is 4.68. The molecule has 0 unspecified atom stereocenters. The Hall–Kier alpha value is -2.24. The minimum Gasteiger partial charge on any atom is -0.478 e. The molecule has 2 aromatic carbocycles. The highest BCUT2D eigenvalue weighted by molar-refractivity contribution is 5.87. The maximum atomic E-state index is 13.5. The first-order valence-corrected chi connectivity index (χ1v) is 8.87. The number of carboxylic acids is 1. The largest absolute Gasteiger partial charge is 0.478 e. The van der Waals surface area contributed by atoms with Gasteiger partial charge in [-0.3, -0.25) is 4.90 Å². The van der Waals surface area contributed by atoms with Gasteiger partial charge in [-0.05, 0) is 48.2 Å². The van der Waals surface area contributed by atoms with Gasteiger partial charge in [0.15, 0.2) is 0 Å². The van der Waals surface area contributed by atoms with Gasteiger partial charge in [0, 0.05) is 32.7 Å². The van der Waals surface area contributed by atoms with Gasteiger partial charge in [0.2, 0.25) is 0 Å². The first kappa shape index (κ1) is 18.5. The van der Waals surface area contributed by atoms with E-state index in [0.717, 1.165) is 43.6 Å². The lowest BCUT2D eigenvalue weighted by Gasteiger charge is -2.38. The summed E-state index contributed by atoms with van der Waals surface area (Å²) in [4.78, 5) is 13.3. The first-order valence-electron chi connectivity index (χ1n) is 8.87. The Balaban J connectivity index is 1.65. The quantitative estimate of drug-likeness (QED) is 0.858. The van der Waals surface area contributed by atoms with E-state index in [0.29, 0.717) is 11.5 Å². The first-order chi connectivity index (χ1) is 12.5. The molecule has 0 saturated carbocycles. The fourth-order valence-corrected chi connectivity index (χ4v) is 3.71. The molecule has 5 heteroatoms. The van der Waals surface area contributed by atoms with Gasteiger partial charge in [-0.15, -0.1) is 0 Å². The Morgan fingerprint density at radius 1 is 1.23 bits per heavy atom. The van der Waals surface area contributed by atoms with E-state index in [2.05, 4.69) is 4.90 Å². The van der Waals surface area contributed by atoms with Gasteiger partial charge in [0.25, 0.3) is 0 Å². The second kappa shape index (κ2) is 8.43. The van der Waals surface area contributed by atoms with Crippen molar-refractivity contribution in [3.63, 3.8) is 0 Å². The molecule has 138 valence electrons. The van der Waals surface area contributed by atoms with Crippen molar-refractivity contribution in [2.75, 3.05) is 20.2 Å². The molecule has 1 saturated heterocycles. The summed E-state index contributed by atoms with van der Waals surface area (Å²) >= 11 is 0. The molecule has 0 radical (unpaired) electrons. The van der Waals surface area contributed by atoms with Crippen molar-refractivity contribution < 1.29 is 19.0 Å². The average molecular weight is 357 g/mol. The van der Waals surface area contributed by atoms with Gasteiger partial charge < -0.3 is 9.84 Å². The third-order valence-corrected chi connectivity index (χ3v) is 5.05. The van der Waals surface area contributed by atoms with Gasteiger partial charge in [0.05, 0.1) is 11.7 Å². The standard InChI is InChI=1S/C21H24FNO3/c1-26-20-9-10-23(13-15-5-7-17(8-6-15)21(24)25)14-18(20)11-16-3-2-4-19(22)12-16/h2-8,12,18,20H,9-11,13-14H2,1H3,(H,24,25)/t18-,20-/m1/s1. The lowest BCUT2D eigenvalue weighted by molar-refractivity contribution is -0.00850. The van der Waals surface area contributed by atoms with Crippen LogP contribution in [-0.2, 0) is 17.7 Å². The highest BCUT2D eigenvalue weighted by atomic mass is 19.1. The Kier molecular flexibility index (Phi) is 6.01. The van der Waals surface area contributed by atoms with Crippen molar-refractivity contribution in [1.29, 1.82) is 0 Å². The smallest absolute Gasteiger partial charge is 0.335 e. The average Bonchev–Trinajstić information content (AvgIpc) is 2.62. The van der Waals surface area contributed by atoms with Crippen LogP contribution in [0, 0.1) is 11.7 Å². The Bertz CT molecular complexity index is 747. The molecule has 1 heterocycles. The zero-order valence-corrected chi connectivity index (χ0v) is 14.9. The topological polar surface area (TPSA) is 49.8 Å². The molecule has 26 heavy (non-hydrogen) atoms. The minimum absolute atomic E-state index is 0.170. The Morgan fingerprint density at radius 2 is 2.00 bits per heavy atom. The summed E-state index contributed by atoms with van der Waals surface area (Å²) < 4.78 is 19.1. The number of hydrogen-bond donors (Lipinski definition) is 1. The van der Waals surface area contributed by atoms with Crippen LogP contribution in [0.25, 0.3) is 0 Å². The number of aromatic carboxylic acids is 1. The van der Waals surface area contributed by atoms with Gasteiger partial charge in [-0.1, -0.05) is 24.3 Å². The number of benzene rings is 2. The number of piperidine rings is 1. The van der Waals surface area contributed by atoms with Crippen LogP contribution in [0.2, 0.25) is 0 Å². The van der Waals surface area contributed by atoms with Gasteiger partial charge in [0.1, 0.15) is 5.82 Å². The summed E-state index contributed by atoms with van der Waals surface area (Å²) in [5.74, 6) is -0.816. The van der Waals surface area contributed by atoms with E-state index in [1.807, 2.05) is 18.2 Å². The highest BCUT2D eigenvalue weighted by Gasteiger charge is 2.29. The summed E-state index contributed by atoms with van der Waals surface area (Å²) in [7, 11) is 1.74. The van der Waals surface area contributed by atoms with Crippen molar-refractivity contribution in [2.45, 2.75) is 25.5 Å². The van der Waals surface area contributed by atoms with Gasteiger partial charge in [-0.25, -0.2) is 9.18 Å². The van der Waals surface area contributed by atoms with E-state index in [1.165, 1.54) is 6.07 Å². The molecule has 2 atom stereocenters. The number of nitrogens with zero attached hydrogens (tertiary/aromatic N) is 1. The Labute approximate surface area is 153 Å². The second-order valence-electron chi connectivity index (χ2n) is 6.89. The van der Waals surface area contributed by atoms with E-state index < -0.39 is 5.97 Å². The number of hydrogen-bond acceptors (Lipinski definition) is 3. The number of rotatable bonds is 6. The van der Waals surface area contributed by atoms with Crippen LogP contribution < -0.4 is 0 Å². The number of carboxylic acid groups (broad SMARTS) is 1. The van der Waals surface area contributed by atoms with Crippen molar-refractivity contribution >= 4 is 5.97 Å². The maximum absolute atomic E-state index is 13.5. The molecule has 0 bridgehead atoms. The molecule has 0 aromatic heterocycles. The van der Waals surface area contributed by atoms with Crippen LogP contribution in [0.15, 0.2) is 48.5 Å². The van der Waals surface area contributed by atoms with Gasteiger partial charge >= 0.3 is 5.97 Å². The lowest BCUT2D eigenvalue weighted by Crippen LogP contribution is -2.44. The molecule has 0 amide bonds. The molecule has 1 N–H and O–H groups in total. The van der Waals surface area contributed by atoms with Crippen molar-refractivity contribution in [2.24, 2.45) is 5.92 Å².